The van der Waals surface area contributed by atoms with Crippen LogP contribution in [0.1, 0.15) is 143 Å². The van der Waals surface area contributed by atoms with Crippen molar-refractivity contribution in [3.8, 4) is 0 Å². The quantitative estimate of drug-likeness (QED) is 0.167. The maximum atomic E-state index is 2.34. The smallest absolute Gasteiger partial charge is 0.0699 e. The number of thioether (sulfide) groups is 4. The Hall–Kier alpha value is 0.620. The molecule has 2 heterocycles. The summed E-state index contributed by atoms with van der Waals surface area (Å²) in [7, 11) is 0. The molecule has 2 aliphatic heterocycles. The van der Waals surface area contributed by atoms with Gasteiger partial charge in [0, 0.05) is 0 Å². The Morgan fingerprint density at radius 3 is 1.06 bits per heavy atom. The molecule has 0 aromatic rings. The minimum absolute atomic E-state index is 1.29. The summed E-state index contributed by atoms with van der Waals surface area (Å²) in [6, 6.07) is 0. The molecular weight excluding hydrogens is 465 g/mol. The normalized spacial score (nSPS) is 19.1. The number of unbranched alkanes of at least 4 members (excludes halogenated alkanes) is 14. The minimum Gasteiger partial charge on any atom is -0.0849 e. The lowest BCUT2D eigenvalue weighted by Gasteiger charge is -2.05. The summed E-state index contributed by atoms with van der Waals surface area (Å²) >= 11 is 8.28. The van der Waals surface area contributed by atoms with Crippen LogP contribution >= 0.6 is 47.0 Å². The first-order valence-electron chi connectivity index (χ1n) is 13.5. The summed E-state index contributed by atoms with van der Waals surface area (Å²) in [6.45, 7) is 9.29. The van der Waals surface area contributed by atoms with E-state index >= 15 is 0 Å². The lowest BCUT2D eigenvalue weighted by molar-refractivity contribution is 0.577. The SMILES string of the molecule is CCCCCCCCCCC1=C(C)S/C(=C2/SC(C)=C(CCCCCCCCCC)S2)S1. The van der Waals surface area contributed by atoms with Crippen LogP contribution in [0.25, 0.3) is 0 Å². The fourth-order valence-electron chi connectivity index (χ4n) is 4.26. The first-order chi connectivity index (χ1) is 15.7. The van der Waals surface area contributed by atoms with E-state index < -0.39 is 0 Å². The third kappa shape index (κ3) is 11.4. The molecule has 0 spiro atoms. The zero-order chi connectivity index (χ0) is 23.0. The highest BCUT2D eigenvalue weighted by Crippen LogP contribution is 2.60. The summed E-state index contributed by atoms with van der Waals surface area (Å²) in [5.74, 6) is 0. The van der Waals surface area contributed by atoms with Gasteiger partial charge in [-0.1, -0.05) is 151 Å². The van der Waals surface area contributed by atoms with Crippen LogP contribution in [-0.2, 0) is 0 Å². The molecular formula is C28H48S4. The molecule has 0 saturated carbocycles. The minimum atomic E-state index is 1.29. The molecule has 2 rings (SSSR count). The van der Waals surface area contributed by atoms with Crippen molar-refractivity contribution in [2.75, 3.05) is 0 Å². The standard InChI is InChI=1S/C28H48S4/c1-5-7-9-11-13-15-17-19-21-25-23(3)29-27(31-25)28-30-24(4)26(32-28)22-20-18-16-14-12-10-8-6-2/h5-22H2,1-4H3/b28-27+. The van der Waals surface area contributed by atoms with Crippen molar-refractivity contribution >= 4 is 47.0 Å². The second kappa shape index (κ2) is 18.0. The van der Waals surface area contributed by atoms with E-state index in [1.165, 1.54) is 116 Å². The highest BCUT2D eigenvalue weighted by molar-refractivity contribution is 8.34. The lowest BCUT2D eigenvalue weighted by Crippen LogP contribution is -1.82. The average Bonchev–Trinajstić information content (AvgIpc) is 3.34. The van der Waals surface area contributed by atoms with Gasteiger partial charge in [0.2, 0.25) is 0 Å². The van der Waals surface area contributed by atoms with Crippen molar-refractivity contribution in [3.05, 3.63) is 28.1 Å². The second-order valence-corrected chi connectivity index (χ2v) is 14.6. The zero-order valence-corrected chi connectivity index (χ0v) is 24.6. The fraction of sp³-hybridized carbons (Fsp3) is 0.786. The van der Waals surface area contributed by atoms with Crippen molar-refractivity contribution in [2.24, 2.45) is 0 Å². The van der Waals surface area contributed by atoms with Crippen LogP contribution < -0.4 is 0 Å². The van der Waals surface area contributed by atoms with E-state index in [0.717, 1.165) is 0 Å². The Labute approximate surface area is 217 Å². The highest BCUT2D eigenvalue weighted by Gasteiger charge is 2.26. The molecule has 4 heteroatoms. The Balaban J connectivity index is 1.61. The molecule has 0 fully saturated rings. The fourth-order valence-corrected chi connectivity index (χ4v) is 10.00. The van der Waals surface area contributed by atoms with E-state index in [1.807, 2.05) is 23.5 Å². The number of rotatable bonds is 18. The van der Waals surface area contributed by atoms with E-state index in [4.69, 9.17) is 0 Å². The van der Waals surface area contributed by atoms with Gasteiger partial charge in [-0.2, -0.15) is 0 Å². The molecule has 0 saturated heterocycles. The first kappa shape index (κ1) is 28.9. The molecule has 0 amide bonds. The zero-order valence-electron chi connectivity index (χ0n) is 21.4. The summed E-state index contributed by atoms with van der Waals surface area (Å²) in [5.41, 5.74) is 0. The van der Waals surface area contributed by atoms with Crippen LogP contribution in [0.3, 0.4) is 0 Å². The van der Waals surface area contributed by atoms with E-state index in [0.29, 0.717) is 0 Å². The van der Waals surface area contributed by atoms with Crippen molar-refractivity contribution in [1.82, 2.24) is 0 Å². The van der Waals surface area contributed by atoms with Crippen molar-refractivity contribution in [3.63, 3.8) is 0 Å². The van der Waals surface area contributed by atoms with E-state index in [1.54, 1.807) is 28.1 Å². The van der Waals surface area contributed by atoms with Crippen LogP contribution in [0.15, 0.2) is 28.1 Å². The molecule has 0 atom stereocenters. The summed E-state index contributed by atoms with van der Waals surface area (Å²) in [6.07, 6.45) is 25.2. The lowest BCUT2D eigenvalue weighted by atomic mass is 10.1. The monoisotopic (exact) mass is 512 g/mol. The molecule has 0 unspecified atom stereocenters. The molecule has 0 bridgehead atoms. The van der Waals surface area contributed by atoms with Gasteiger partial charge in [-0.15, -0.1) is 0 Å². The van der Waals surface area contributed by atoms with Crippen LogP contribution in [0.4, 0.5) is 0 Å². The van der Waals surface area contributed by atoms with Gasteiger partial charge in [-0.3, -0.25) is 0 Å². The van der Waals surface area contributed by atoms with Gasteiger partial charge in [-0.25, -0.2) is 0 Å². The number of hydrogen-bond donors (Lipinski definition) is 0. The topological polar surface area (TPSA) is 0 Å². The van der Waals surface area contributed by atoms with Gasteiger partial charge in [0.25, 0.3) is 0 Å². The number of allylic oxidation sites excluding steroid dienone is 4. The Morgan fingerprint density at radius 2 is 0.719 bits per heavy atom. The molecule has 0 radical (unpaired) electrons. The van der Waals surface area contributed by atoms with Crippen molar-refractivity contribution in [1.29, 1.82) is 0 Å². The highest BCUT2D eigenvalue weighted by atomic mass is 32.2. The van der Waals surface area contributed by atoms with Gasteiger partial charge in [0.15, 0.2) is 0 Å². The van der Waals surface area contributed by atoms with Gasteiger partial charge < -0.3 is 0 Å². The largest absolute Gasteiger partial charge is 0.0849 e. The van der Waals surface area contributed by atoms with Crippen LogP contribution in [0.2, 0.25) is 0 Å². The van der Waals surface area contributed by atoms with Crippen LogP contribution in [0, 0.1) is 0 Å². The molecule has 0 N–H and O–H groups in total. The predicted molar refractivity (Wildman–Crippen MR) is 157 cm³/mol. The average molecular weight is 513 g/mol. The van der Waals surface area contributed by atoms with Gasteiger partial charge in [-0.05, 0) is 59.2 Å². The third-order valence-electron chi connectivity index (χ3n) is 6.39. The molecule has 184 valence electrons. The van der Waals surface area contributed by atoms with E-state index in [9.17, 15) is 0 Å². The van der Waals surface area contributed by atoms with Gasteiger partial charge in [0.05, 0.1) is 8.47 Å². The Bertz CT molecular complexity index is 575. The molecule has 0 aliphatic carbocycles. The summed E-state index contributed by atoms with van der Waals surface area (Å²) in [4.78, 5) is 6.43. The van der Waals surface area contributed by atoms with Crippen molar-refractivity contribution < 1.29 is 0 Å². The molecule has 0 nitrogen and oxygen atoms in total. The van der Waals surface area contributed by atoms with E-state index in [-0.39, 0.29) is 0 Å². The molecule has 32 heavy (non-hydrogen) atoms. The molecule has 0 aromatic heterocycles. The Morgan fingerprint density at radius 1 is 0.406 bits per heavy atom. The second-order valence-electron chi connectivity index (χ2n) is 9.39. The van der Waals surface area contributed by atoms with Crippen LogP contribution in [-0.4, -0.2) is 0 Å². The molecule has 0 aromatic carbocycles. The molecule has 2 aliphatic rings. The summed E-state index contributed by atoms with van der Waals surface area (Å²) in [5, 5.41) is 0. The van der Waals surface area contributed by atoms with Gasteiger partial charge in [0.1, 0.15) is 0 Å². The van der Waals surface area contributed by atoms with Crippen molar-refractivity contribution in [2.45, 2.75) is 143 Å². The maximum absolute atomic E-state index is 2.34. The summed E-state index contributed by atoms with van der Waals surface area (Å²) < 4.78 is 3.13. The van der Waals surface area contributed by atoms with Crippen LogP contribution in [0.5, 0.6) is 0 Å². The first-order valence-corrected chi connectivity index (χ1v) is 16.8. The van der Waals surface area contributed by atoms with E-state index in [2.05, 4.69) is 51.2 Å². The maximum Gasteiger partial charge on any atom is 0.0699 e. The number of hydrogen-bond acceptors (Lipinski definition) is 4. The predicted octanol–water partition coefficient (Wildman–Crippen LogP) is 12.6. The third-order valence-corrected chi connectivity index (χ3v) is 12.3. The van der Waals surface area contributed by atoms with Gasteiger partial charge >= 0.3 is 0 Å². The Kier molecular flexibility index (Phi) is 16.2.